The number of para-hydroxylation sites is 1. The number of nitrogens with zero attached hydrogens (tertiary/aromatic N) is 1. The highest BCUT2D eigenvalue weighted by Gasteiger charge is 2.21. The van der Waals surface area contributed by atoms with Gasteiger partial charge < -0.3 is 20.1 Å². The predicted octanol–water partition coefficient (Wildman–Crippen LogP) is 2.42. The maximum atomic E-state index is 11.9. The summed E-state index contributed by atoms with van der Waals surface area (Å²) in [5.41, 5.74) is 7.25. The molecule has 1 amide bonds. The van der Waals surface area contributed by atoms with E-state index < -0.39 is 0 Å². The molecule has 0 spiro atoms. The summed E-state index contributed by atoms with van der Waals surface area (Å²) in [7, 11) is 0. The number of nitrogens with two attached hydrogens (primary N) is 1. The lowest BCUT2D eigenvalue weighted by atomic mass is 10.2. The molecule has 0 aromatic heterocycles. The molecule has 1 aliphatic rings. The summed E-state index contributed by atoms with van der Waals surface area (Å²) < 4.78 is 10.9. The van der Waals surface area contributed by atoms with Gasteiger partial charge in [0.25, 0.3) is 5.91 Å². The SMILES string of the molecule is Nc1ccc(N2CCOCC2=O)cc1Oc1ccccc1. The zero-order valence-electron chi connectivity index (χ0n) is 11.5. The molecule has 1 aliphatic heterocycles. The zero-order valence-corrected chi connectivity index (χ0v) is 11.5. The minimum Gasteiger partial charge on any atom is -0.455 e. The van der Waals surface area contributed by atoms with Crippen molar-refractivity contribution in [3.63, 3.8) is 0 Å². The van der Waals surface area contributed by atoms with Crippen molar-refractivity contribution in [3.8, 4) is 11.5 Å². The number of ether oxygens (including phenoxy) is 2. The lowest BCUT2D eigenvalue weighted by Gasteiger charge is -2.27. The monoisotopic (exact) mass is 284 g/mol. The molecular weight excluding hydrogens is 268 g/mol. The molecule has 0 unspecified atom stereocenters. The summed E-state index contributed by atoms with van der Waals surface area (Å²) in [6.07, 6.45) is 0. The molecule has 1 saturated heterocycles. The Morgan fingerprint density at radius 2 is 1.95 bits per heavy atom. The molecule has 2 aromatic carbocycles. The molecule has 1 heterocycles. The smallest absolute Gasteiger partial charge is 0.253 e. The highest BCUT2D eigenvalue weighted by Crippen LogP contribution is 2.32. The first kappa shape index (κ1) is 13.5. The highest BCUT2D eigenvalue weighted by atomic mass is 16.5. The first-order valence-corrected chi connectivity index (χ1v) is 6.74. The average Bonchev–Trinajstić information content (AvgIpc) is 2.51. The van der Waals surface area contributed by atoms with E-state index in [0.717, 1.165) is 5.69 Å². The lowest BCUT2D eigenvalue weighted by Crippen LogP contribution is -2.41. The van der Waals surface area contributed by atoms with E-state index in [2.05, 4.69) is 0 Å². The van der Waals surface area contributed by atoms with Crippen molar-refractivity contribution in [1.82, 2.24) is 0 Å². The molecule has 21 heavy (non-hydrogen) atoms. The van der Waals surface area contributed by atoms with Crippen molar-refractivity contribution in [2.75, 3.05) is 30.4 Å². The van der Waals surface area contributed by atoms with Gasteiger partial charge in [-0.3, -0.25) is 4.79 Å². The first-order chi connectivity index (χ1) is 10.2. The van der Waals surface area contributed by atoms with Crippen LogP contribution >= 0.6 is 0 Å². The number of anilines is 2. The largest absolute Gasteiger partial charge is 0.455 e. The Labute approximate surface area is 122 Å². The van der Waals surface area contributed by atoms with Crippen molar-refractivity contribution in [1.29, 1.82) is 0 Å². The van der Waals surface area contributed by atoms with Crippen molar-refractivity contribution in [2.45, 2.75) is 0 Å². The van der Waals surface area contributed by atoms with Gasteiger partial charge in [-0.1, -0.05) is 18.2 Å². The molecule has 2 N–H and O–H groups in total. The minimum absolute atomic E-state index is 0.0586. The Hall–Kier alpha value is -2.53. The maximum Gasteiger partial charge on any atom is 0.253 e. The molecule has 0 aliphatic carbocycles. The number of nitrogen functional groups attached to an aromatic ring is 1. The van der Waals surface area contributed by atoms with Crippen molar-refractivity contribution < 1.29 is 14.3 Å². The van der Waals surface area contributed by atoms with Crippen molar-refractivity contribution in [2.24, 2.45) is 0 Å². The summed E-state index contributed by atoms with van der Waals surface area (Å²) in [5.74, 6) is 1.18. The van der Waals surface area contributed by atoms with Crippen LogP contribution in [-0.4, -0.2) is 25.7 Å². The van der Waals surface area contributed by atoms with Crippen LogP contribution in [0.3, 0.4) is 0 Å². The second-order valence-electron chi connectivity index (χ2n) is 4.74. The normalized spacial score (nSPS) is 15.0. The molecule has 0 saturated carbocycles. The van der Waals surface area contributed by atoms with Gasteiger partial charge in [0.05, 0.1) is 12.3 Å². The fraction of sp³-hybridized carbons (Fsp3) is 0.188. The van der Waals surface area contributed by atoms with E-state index in [4.69, 9.17) is 15.2 Å². The second-order valence-corrected chi connectivity index (χ2v) is 4.74. The van der Waals surface area contributed by atoms with Gasteiger partial charge >= 0.3 is 0 Å². The van der Waals surface area contributed by atoms with Crippen LogP contribution in [0, 0.1) is 0 Å². The van der Waals surface area contributed by atoms with Crippen LogP contribution in [0.5, 0.6) is 11.5 Å². The molecule has 1 fully saturated rings. The van der Waals surface area contributed by atoms with Gasteiger partial charge in [-0.05, 0) is 24.3 Å². The van der Waals surface area contributed by atoms with Crippen LogP contribution in [0.2, 0.25) is 0 Å². The Bertz CT molecular complexity index is 643. The van der Waals surface area contributed by atoms with E-state index in [9.17, 15) is 4.79 Å². The molecule has 3 rings (SSSR count). The average molecular weight is 284 g/mol. The molecule has 0 atom stereocenters. The van der Waals surface area contributed by atoms with E-state index in [0.29, 0.717) is 30.3 Å². The number of morpholine rings is 1. The minimum atomic E-state index is -0.0586. The van der Waals surface area contributed by atoms with Gasteiger partial charge in [0.1, 0.15) is 12.4 Å². The molecule has 0 bridgehead atoms. The summed E-state index contributed by atoms with van der Waals surface area (Å²) in [5, 5.41) is 0. The maximum absolute atomic E-state index is 11.9. The molecular formula is C16H16N2O3. The fourth-order valence-electron chi connectivity index (χ4n) is 2.19. The summed E-state index contributed by atoms with van der Waals surface area (Å²) in [4.78, 5) is 13.6. The van der Waals surface area contributed by atoms with Crippen LogP contribution in [0.1, 0.15) is 0 Å². The lowest BCUT2D eigenvalue weighted by molar-refractivity contribution is -0.125. The van der Waals surface area contributed by atoms with Gasteiger partial charge in [0.15, 0.2) is 5.75 Å². The van der Waals surface area contributed by atoms with Gasteiger partial charge in [-0.25, -0.2) is 0 Å². The number of hydrogen-bond acceptors (Lipinski definition) is 4. The van der Waals surface area contributed by atoms with E-state index in [1.165, 1.54) is 0 Å². The van der Waals surface area contributed by atoms with Gasteiger partial charge in [-0.15, -0.1) is 0 Å². The number of benzene rings is 2. The molecule has 5 nitrogen and oxygen atoms in total. The highest BCUT2D eigenvalue weighted by molar-refractivity contribution is 5.95. The number of amides is 1. The third-order valence-corrected chi connectivity index (χ3v) is 3.27. The topological polar surface area (TPSA) is 64.8 Å². The Balaban J connectivity index is 1.87. The molecule has 5 heteroatoms. The van der Waals surface area contributed by atoms with Crippen LogP contribution in [0.25, 0.3) is 0 Å². The predicted molar refractivity (Wildman–Crippen MR) is 80.5 cm³/mol. The number of carbonyl (C=O) groups excluding carboxylic acids is 1. The standard InChI is InChI=1S/C16H16N2O3/c17-14-7-6-12(18-8-9-20-11-16(18)19)10-15(14)21-13-4-2-1-3-5-13/h1-7,10H,8-9,11,17H2. The Kier molecular flexibility index (Phi) is 3.75. The third-order valence-electron chi connectivity index (χ3n) is 3.27. The van der Waals surface area contributed by atoms with Gasteiger partial charge in [0, 0.05) is 18.3 Å². The first-order valence-electron chi connectivity index (χ1n) is 6.74. The Morgan fingerprint density at radius 1 is 1.14 bits per heavy atom. The fourth-order valence-corrected chi connectivity index (χ4v) is 2.19. The summed E-state index contributed by atoms with van der Waals surface area (Å²) in [6, 6.07) is 14.7. The van der Waals surface area contributed by atoms with E-state index in [-0.39, 0.29) is 12.5 Å². The summed E-state index contributed by atoms with van der Waals surface area (Å²) in [6.45, 7) is 1.18. The summed E-state index contributed by atoms with van der Waals surface area (Å²) >= 11 is 0. The van der Waals surface area contributed by atoms with E-state index >= 15 is 0 Å². The van der Waals surface area contributed by atoms with Gasteiger partial charge in [0.2, 0.25) is 0 Å². The quantitative estimate of drug-likeness (QED) is 0.879. The zero-order chi connectivity index (χ0) is 14.7. The van der Waals surface area contributed by atoms with Crippen LogP contribution in [0.4, 0.5) is 11.4 Å². The second kappa shape index (κ2) is 5.85. The third kappa shape index (κ3) is 2.98. The Morgan fingerprint density at radius 3 is 2.71 bits per heavy atom. The van der Waals surface area contributed by atoms with E-state index in [1.54, 1.807) is 17.0 Å². The molecule has 108 valence electrons. The molecule has 2 aromatic rings. The number of hydrogen-bond donors (Lipinski definition) is 1. The van der Waals surface area contributed by atoms with Crippen LogP contribution in [-0.2, 0) is 9.53 Å². The number of rotatable bonds is 3. The van der Waals surface area contributed by atoms with Crippen LogP contribution in [0.15, 0.2) is 48.5 Å². The van der Waals surface area contributed by atoms with E-state index in [1.807, 2.05) is 36.4 Å². The van der Waals surface area contributed by atoms with Crippen LogP contribution < -0.4 is 15.4 Å². The van der Waals surface area contributed by atoms with Gasteiger partial charge in [-0.2, -0.15) is 0 Å². The molecule has 0 radical (unpaired) electrons. The number of carbonyl (C=O) groups is 1. The van der Waals surface area contributed by atoms with Crippen molar-refractivity contribution >= 4 is 17.3 Å². The van der Waals surface area contributed by atoms with Crippen molar-refractivity contribution in [3.05, 3.63) is 48.5 Å².